The Morgan fingerprint density at radius 2 is 1.74 bits per heavy atom. The van der Waals surface area contributed by atoms with E-state index in [2.05, 4.69) is 30.9 Å². The Morgan fingerprint density at radius 3 is 2.39 bits per heavy atom. The Hall–Kier alpha value is -2.55. The lowest BCUT2D eigenvalue weighted by atomic mass is 10.1. The Morgan fingerprint density at radius 1 is 1.04 bits per heavy atom. The minimum absolute atomic E-state index is 0.0449. The Balaban J connectivity index is 1.84. The van der Waals surface area contributed by atoms with Crippen molar-refractivity contribution in [1.82, 2.24) is 0 Å². The molecule has 0 spiro atoms. The van der Waals surface area contributed by atoms with Crippen molar-refractivity contribution >= 4 is 17.5 Å². The van der Waals surface area contributed by atoms with E-state index in [1.54, 1.807) is 0 Å². The number of allylic oxidation sites excluding steroid dienone is 1. The number of ether oxygens (including phenoxy) is 1. The van der Waals surface area contributed by atoms with Gasteiger partial charge in [-0.2, -0.15) is 0 Å². The monoisotopic (exact) mass is 307 g/mol. The van der Waals surface area contributed by atoms with Gasteiger partial charge < -0.3 is 9.64 Å². The number of carbonyl (C=O) groups is 1. The van der Waals surface area contributed by atoms with Gasteiger partial charge in [-0.25, -0.2) is 0 Å². The maximum Gasteiger partial charge on any atom is 0.231 e. The molecule has 1 heterocycles. The van der Waals surface area contributed by atoms with Crippen molar-refractivity contribution in [1.29, 1.82) is 0 Å². The van der Waals surface area contributed by atoms with Crippen LogP contribution < -0.4 is 9.64 Å². The minimum atomic E-state index is -0.0449. The second kappa shape index (κ2) is 6.29. The van der Waals surface area contributed by atoms with Gasteiger partial charge >= 0.3 is 0 Å². The van der Waals surface area contributed by atoms with Crippen molar-refractivity contribution in [3.63, 3.8) is 0 Å². The average Bonchev–Trinajstić information content (AvgIpc) is 2.86. The summed E-state index contributed by atoms with van der Waals surface area (Å²) in [4.78, 5) is 14.7. The SMILES string of the molecule is CCN(CC)c1ccc(/C=C2\Oc3ccc(C)cc3C2=O)cc1. The molecule has 0 bridgehead atoms. The summed E-state index contributed by atoms with van der Waals surface area (Å²) in [5.74, 6) is 0.990. The maximum absolute atomic E-state index is 12.4. The smallest absolute Gasteiger partial charge is 0.231 e. The summed E-state index contributed by atoms with van der Waals surface area (Å²) in [6.07, 6.45) is 1.81. The molecule has 0 radical (unpaired) electrons. The van der Waals surface area contributed by atoms with Gasteiger partial charge in [0, 0.05) is 18.8 Å². The number of anilines is 1. The number of nitrogens with zero attached hydrogens (tertiary/aromatic N) is 1. The van der Waals surface area contributed by atoms with Crippen LogP contribution in [0.5, 0.6) is 5.75 Å². The molecular weight excluding hydrogens is 286 g/mol. The van der Waals surface area contributed by atoms with E-state index in [9.17, 15) is 4.79 Å². The summed E-state index contributed by atoms with van der Waals surface area (Å²) in [5, 5.41) is 0. The molecule has 3 nitrogen and oxygen atoms in total. The second-order valence-corrected chi connectivity index (χ2v) is 5.70. The molecular formula is C20H21NO2. The third kappa shape index (κ3) is 3.00. The molecule has 23 heavy (non-hydrogen) atoms. The molecule has 1 aliphatic rings. The first kappa shape index (κ1) is 15.3. The molecule has 2 aromatic carbocycles. The number of benzene rings is 2. The summed E-state index contributed by atoms with van der Waals surface area (Å²) in [7, 11) is 0. The zero-order valence-electron chi connectivity index (χ0n) is 13.8. The first-order valence-corrected chi connectivity index (χ1v) is 8.02. The number of ketones is 1. The fourth-order valence-corrected chi connectivity index (χ4v) is 2.82. The van der Waals surface area contributed by atoms with Gasteiger partial charge in [-0.15, -0.1) is 0 Å². The van der Waals surface area contributed by atoms with Crippen LogP contribution in [0.2, 0.25) is 0 Å². The molecule has 0 aliphatic carbocycles. The number of hydrogen-bond acceptors (Lipinski definition) is 3. The number of hydrogen-bond donors (Lipinski definition) is 0. The molecule has 0 N–H and O–H groups in total. The summed E-state index contributed by atoms with van der Waals surface area (Å²) < 4.78 is 5.70. The van der Waals surface area contributed by atoms with Crippen molar-refractivity contribution in [3.05, 3.63) is 64.9 Å². The second-order valence-electron chi connectivity index (χ2n) is 5.70. The molecule has 0 atom stereocenters. The average molecular weight is 307 g/mol. The number of Topliss-reactive ketones (excluding diaryl/α,β-unsaturated/α-hetero) is 1. The molecule has 0 unspecified atom stereocenters. The largest absolute Gasteiger partial charge is 0.452 e. The summed E-state index contributed by atoms with van der Waals surface area (Å²) in [5.41, 5.74) is 3.87. The van der Waals surface area contributed by atoms with Crippen molar-refractivity contribution in [2.75, 3.05) is 18.0 Å². The van der Waals surface area contributed by atoms with E-state index < -0.39 is 0 Å². The quantitative estimate of drug-likeness (QED) is 0.781. The summed E-state index contributed by atoms with van der Waals surface area (Å²) in [6.45, 7) is 8.22. The zero-order valence-corrected chi connectivity index (χ0v) is 13.8. The molecule has 0 amide bonds. The first-order valence-electron chi connectivity index (χ1n) is 8.02. The Kier molecular flexibility index (Phi) is 4.20. The van der Waals surface area contributed by atoms with E-state index in [4.69, 9.17) is 4.74 Å². The van der Waals surface area contributed by atoms with Crippen LogP contribution in [-0.2, 0) is 0 Å². The fraction of sp³-hybridized carbons (Fsp3) is 0.250. The van der Waals surface area contributed by atoms with Gasteiger partial charge in [-0.05, 0) is 56.7 Å². The van der Waals surface area contributed by atoms with Gasteiger partial charge in [-0.1, -0.05) is 23.8 Å². The predicted molar refractivity (Wildman–Crippen MR) is 94.1 cm³/mol. The molecule has 2 aromatic rings. The van der Waals surface area contributed by atoms with E-state index in [1.807, 2.05) is 43.3 Å². The Bertz CT molecular complexity index is 756. The van der Waals surface area contributed by atoms with Crippen LogP contribution in [0.3, 0.4) is 0 Å². The van der Waals surface area contributed by atoms with Crippen LogP contribution in [0.25, 0.3) is 6.08 Å². The highest BCUT2D eigenvalue weighted by atomic mass is 16.5. The Labute approximate surface area is 137 Å². The van der Waals surface area contributed by atoms with Crippen molar-refractivity contribution in [2.45, 2.75) is 20.8 Å². The van der Waals surface area contributed by atoms with E-state index in [0.29, 0.717) is 17.1 Å². The van der Waals surface area contributed by atoms with E-state index >= 15 is 0 Å². The van der Waals surface area contributed by atoms with Gasteiger partial charge in [0.1, 0.15) is 5.75 Å². The molecule has 1 aliphatic heterocycles. The van der Waals surface area contributed by atoms with Crippen LogP contribution in [0.1, 0.15) is 35.3 Å². The number of rotatable bonds is 4. The highest BCUT2D eigenvalue weighted by Gasteiger charge is 2.27. The number of carbonyl (C=O) groups excluding carboxylic acids is 1. The number of aryl methyl sites for hydroxylation is 1. The molecule has 0 fully saturated rings. The summed E-state index contributed by atoms with van der Waals surface area (Å²) in [6, 6.07) is 13.9. The molecule has 0 aromatic heterocycles. The molecule has 0 saturated heterocycles. The van der Waals surface area contributed by atoms with Gasteiger partial charge in [0.25, 0.3) is 0 Å². The predicted octanol–water partition coefficient (Wildman–Crippen LogP) is 4.46. The highest BCUT2D eigenvalue weighted by Crippen LogP contribution is 2.32. The lowest BCUT2D eigenvalue weighted by Crippen LogP contribution is -2.21. The molecule has 3 heteroatoms. The van der Waals surface area contributed by atoms with Crippen molar-refractivity contribution < 1.29 is 9.53 Å². The van der Waals surface area contributed by atoms with Gasteiger partial charge in [0.15, 0.2) is 5.76 Å². The standard InChI is InChI=1S/C20H21NO2/c1-4-21(5-2)16-9-7-15(8-10-16)13-19-20(22)17-12-14(3)6-11-18(17)23-19/h6-13H,4-5H2,1-3H3/b19-13-. The summed E-state index contributed by atoms with van der Waals surface area (Å²) >= 11 is 0. The van der Waals surface area contributed by atoms with Crippen LogP contribution in [-0.4, -0.2) is 18.9 Å². The van der Waals surface area contributed by atoms with Crippen molar-refractivity contribution in [2.24, 2.45) is 0 Å². The highest BCUT2D eigenvalue weighted by molar-refractivity contribution is 6.14. The van der Waals surface area contributed by atoms with Crippen LogP contribution >= 0.6 is 0 Å². The lowest BCUT2D eigenvalue weighted by Gasteiger charge is -2.20. The fourth-order valence-electron chi connectivity index (χ4n) is 2.82. The van der Waals surface area contributed by atoms with E-state index in [0.717, 1.165) is 24.2 Å². The van der Waals surface area contributed by atoms with Crippen LogP contribution in [0.4, 0.5) is 5.69 Å². The van der Waals surface area contributed by atoms with E-state index in [1.165, 1.54) is 5.69 Å². The molecule has 118 valence electrons. The normalized spacial score (nSPS) is 14.7. The van der Waals surface area contributed by atoms with Crippen LogP contribution in [0.15, 0.2) is 48.2 Å². The zero-order chi connectivity index (χ0) is 16.4. The topological polar surface area (TPSA) is 29.5 Å². The number of fused-ring (bicyclic) bond motifs is 1. The van der Waals surface area contributed by atoms with Gasteiger partial charge in [0.2, 0.25) is 5.78 Å². The molecule has 3 rings (SSSR count). The van der Waals surface area contributed by atoms with E-state index in [-0.39, 0.29) is 5.78 Å². The first-order chi connectivity index (χ1) is 11.1. The van der Waals surface area contributed by atoms with Crippen LogP contribution in [0, 0.1) is 6.92 Å². The van der Waals surface area contributed by atoms with Gasteiger partial charge in [0.05, 0.1) is 5.56 Å². The molecule has 0 saturated carbocycles. The minimum Gasteiger partial charge on any atom is -0.452 e. The maximum atomic E-state index is 12.4. The van der Waals surface area contributed by atoms with Gasteiger partial charge in [-0.3, -0.25) is 4.79 Å². The third-order valence-electron chi connectivity index (χ3n) is 4.14. The third-order valence-corrected chi connectivity index (χ3v) is 4.14. The van der Waals surface area contributed by atoms with Crippen molar-refractivity contribution in [3.8, 4) is 5.75 Å². The lowest BCUT2D eigenvalue weighted by molar-refractivity contribution is 0.101.